The number of allylic oxidation sites excluding steroid dienone is 2. The van der Waals surface area contributed by atoms with Gasteiger partial charge < -0.3 is 0 Å². The third kappa shape index (κ3) is 1.50. The zero-order valence-corrected chi connectivity index (χ0v) is 6.77. The van der Waals surface area contributed by atoms with Gasteiger partial charge in [0.25, 0.3) is 0 Å². The second-order valence-electron chi connectivity index (χ2n) is 3.33. The van der Waals surface area contributed by atoms with Gasteiger partial charge in [0, 0.05) is 0 Å². The summed E-state index contributed by atoms with van der Waals surface area (Å²) >= 11 is 0. The molecule has 0 aliphatic heterocycles. The van der Waals surface area contributed by atoms with Crippen molar-refractivity contribution < 1.29 is 0 Å². The van der Waals surface area contributed by atoms with Crippen LogP contribution < -0.4 is 0 Å². The Hall–Kier alpha value is -0.520. The molecule has 10 heavy (non-hydrogen) atoms. The minimum atomic E-state index is 0.719. The second kappa shape index (κ2) is 3.05. The van der Waals surface area contributed by atoms with Crippen LogP contribution in [-0.4, -0.2) is 0 Å². The minimum absolute atomic E-state index is 0.719. The third-order valence-electron chi connectivity index (χ3n) is 2.52. The molecule has 0 aromatic heterocycles. The van der Waals surface area contributed by atoms with E-state index in [0.29, 0.717) is 0 Å². The van der Waals surface area contributed by atoms with Crippen molar-refractivity contribution in [3.05, 3.63) is 24.8 Å². The van der Waals surface area contributed by atoms with Crippen molar-refractivity contribution in [2.45, 2.75) is 26.2 Å². The molecule has 2 atom stereocenters. The molecule has 0 N–H and O–H groups in total. The standard InChI is InChI=1S/C10H16/c1-4-10-6-5-8(2)9(3)7-10/h4,9-10H,1-2,5-7H2,3H3. The molecule has 0 heterocycles. The molecule has 0 nitrogen and oxygen atoms in total. The fourth-order valence-electron chi connectivity index (χ4n) is 1.57. The first-order valence-corrected chi connectivity index (χ1v) is 4.04. The van der Waals surface area contributed by atoms with E-state index in [9.17, 15) is 0 Å². The van der Waals surface area contributed by atoms with Gasteiger partial charge in [-0.1, -0.05) is 25.2 Å². The molecule has 0 radical (unpaired) electrons. The van der Waals surface area contributed by atoms with Gasteiger partial charge in [0.15, 0.2) is 0 Å². The van der Waals surface area contributed by atoms with Crippen LogP contribution in [0, 0.1) is 11.8 Å². The summed E-state index contributed by atoms with van der Waals surface area (Å²) in [5.41, 5.74) is 1.43. The van der Waals surface area contributed by atoms with Gasteiger partial charge in [-0.25, -0.2) is 0 Å². The van der Waals surface area contributed by atoms with E-state index in [1.54, 1.807) is 0 Å². The van der Waals surface area contributed by atoms with Crippen molar-refractivity contribution in [2.75, 3.05) is 0 Å². The molecule has 0 heteroatoms. The Bertz CT molecular complexity index is 144. The van der Waals surface area contributed by atoms with E-state index in [4.69, 9.17) is 0 Å². The van der Waals surface area contributed by atoms with E-state index in [-0.39, 0.29) is 0 Å². The van der Waals surface area contributed by atoms with E-state index < -0.39 is 0 Å². The third-order valence-corrected chi connectivity index (χ3v) is 2.52. The lowest BCUT2D eigenvalue weighted by Gasteiger charge is -2.26. The fourth-order valence-corrected chi connectivity index (χ4v) is 1.57. The molecular weight excluding hydrogens is 120 g/mol. The fraction of sp³-hybridized carbons (Fsp3) is 0.600. The van der Waals surface area contributed by atoms with Gasteiger partial charge in [-0.2, -0.15) is 0 Å². The quantitative estimate of drug-likeness (QED) is 0.486. The van der Waals surface area contributed by atoms with E-state index in [1.807, 2.05) is 0 Å². The Morgan fingerprint density at radius 2 is 2.30 bits per heavy atom. The van der Waals surface area contributed by atoms with Crippen LogP contribution in [0.1, 0.15) is 26.2 Å². The Kier molecular flexibility index (Phi) is 2.31. The van der Waals surface area contributed by atoms with Crippen LogP contribution in [0.15, 0.2) is 24.8 Å². The summed E-state index contributed by atoms with van der Waals surface area (Å²) < 4.78 is 0. The number of rotatable bonds is 1. The maximum Gasteiger partial charge on any atom is -0.0228 e. The highest BCUT2D eigenvalue weighted by Crippen LogP contribution is 2.32. The van der Waals surface area contributed by atoms with Crippen molar-refractivity contribution in [3.63, 3.8) is 0 Å². The van der Waals surface area contributed by atoms with Gasteiger partial charge in [-0.3, -0.25) is 0 Å². The molecule has 2 unspecified atom stereocenters. The second-order valence-corrected chi connectivity index (χ2v) is 3.33. The first kappa shape index (κ1) is 7.59. The summed E-state index contributed by atoms with van der Waals surface area (Å²) in [5, 5.41) is 0. The number of hydrogen-bond donors (Lipinski definition) is 0. The van der Waals surface area contributed by atoms with Crippen LogP contribution >= 0.6 is 0 Å². The lowest BCUT2D eigenvalue weighted by molar-refractivity contribution is 0.405. The Morgan fingerprint density at radius 3 is 2.80 bits per heavy atom. The van der Waals surface area contributed by atoms with Crippen LogP contribution in [0.25, 0.3) is 0 Å². The van der Waals surface area contributed by atoms with Crippen molar-refractivity contribution in [1.29, 1.82) is 0 Å². The van der Waals surface area contributed by atoms with Crippen LogP contribution in [0.2, 0.25) is 0 Å². The Morgan fingerprint density at radius 1 is 1.60 bits per heavy atom. The predicted octanol–water partition coefficient (Wildman–Crippen LogP) is 3.16. The first-order chi connectivity index (χ1) is 4.74. The maximum absolute atomic E-state index is 4.03. The van der Waals surface area contributed by atoms with Crippen LogP contribution in [0.3, 0.4) is 0 Å². The molecule has 1 fully saturated rings. The summed E-state index contributed by atoms with van der Waals surface area (Å²) in [6.07, 6.45) is 5.83. The molecule has 1 aliphatic rings. The molecule has 0 saturated heterocycles. The van der Waals surface area contributed by atoms with Gasteiger partial charge >= 0.3 is 0 Å². The smallest absolute Gasteiger partial charge is 0.0228 e. The van der Waals surface area contributed by atoms with E-state index in [1.165, 1.54) is 24.8 Å². The summed E-state index contributed by atoms with van der Waals surface area (Å²) in [4.78, 5) is 0. The lowest BCUT2D eigenvalue weighted by Crippen LogP contribution is -2.12. The van der Waals surface area contributed by atoms with Gasteiger partial charge in [0.05, 0.1) is 0 Å². The van der Waals surface area contributed by atoms with Crippen molar-refractivity contribution in [3.8, 4) is 0 Å². The van der Waals surface area contributed by atoms with E-state index >= 15 is 0 Å². The Labute approximate surface area is 63.6 Å². The highest BCUT2D eigenvalue weighted by atomic mass is 14.2. The van der Waals surface area contributed by atoms with Crippen LogP contribution in [0.5, 0.6) is 0 Å². The zero-order chi connectivity index (χ0) is 7.56. The predicted molar refractivity (Wildman–Crippen MR) is 45.8 cm³/mol. The van der Waals surface area contributed by atoms with E-state index in [2.05, 4.69) is 26.2 Å². The SMILES string of the molecule is C=CC1CCC(=C)C(C)C1. The number of hydrogen-bond acceptors (Lipinski definition) is 0. The van der Waals surface area contributed by atoms with Crippen molar-refractivity contribution in [2.24, 2.45) is 11.8 Å². The molecule has 0 aromatic rings. The maximum atomic E-state index is 4.03. The van der Waals surface area contributed by atoms with Crippen molar-refractivity contribution >= 4 is 0 Å². The minimum Gasteiger partial charge on any atom is -0.103 e. The molecule has 0 bridgehead atoms. The Balaban J connectivity index is 2.48. The molecule has 1 aliphatic carbocycles. The largest absolute Gasteiger partial charge is 0.103 e. The summed E-state index contributed by atoms with van der Waals surface area (Å²) in [6.45, 7) is 10.1. The normalized spacial score (nSPS) is 33.9. The molecule has 0 aromatic carbocycles. The average Bonchev–Trinajstić information content (AvgIpc) is 1.95. The molecule has 0 amide bonds. The molecule has 0 spiro atoms. The highest BCUT2D eigenvalue weighted by molar-refractivity contribution is 5.05. The molecule has 1 rings (SSSR count). The molecule has 1 saturated carbocycles. The summed E-state index contributed by atoms with van der Waals surface area (Å²) in [5.74, 6) is 1.47. The highest BCUT2D eigenvalue weighted by Gasteiger charge is 2.18. The molecular formula is C10H16. The lowest BCUT2D eigenvalue weighted by atomic mass is 9.80. The van der Waals surface area contributed by atoms with Gasteiger partial charge in [-0.05, 0) is 31.1 Å². The molecule has 56 valence electrons. The average molecular weight is 136 g/mol. The van der Waals surface area contributed by atoms with Crippen LogP contribution in [0.4, 0.5) is 0 Å². The first-order valence-electron chi connectivity index (χ1n) is 4.04. The zero-order valence-electron chi connectivity index (χ0n) is 6.77. The van der Waals surface area contributed by atoms with Crippen molar-refractivity contribution in [1.82, 2.24) is 0 Å². The topological polar surface area (TPSA) is 0 Å². The van der Waals surface area contributed by atoms with Gasteiger partial charge in [0.1, 0.15) is 0 Å². The van der Waals surface area contributed by atoms with E-state index in [0.717, 1.165) is 11.8 Å². The summed E-state index contributed by atoms with van der Waals surface area (Å²) in [7, 11) is 0. The monoisotopic (exact) mass is 136 g/mol. The summed E-state index contributed by atoms with van der Waals surface area (Å²) in [6, 6.07) is 0. The van der Waals surface area contributed by atoms with Crippen LogP contribution in [-0.2, 0) is 0 Å². The van der Waals surface area contributed by atoms with Gasteiger partial charge in [-0.15, -0.1) is 6.58 Å². The van der Waals surface area contributed by atoms with Gasteiger partial charge in [0.2, 0.25) is 0 Å².